The molecule has 0 radical (unpaired) electrons. The normalized spacial score (nSPS) is 13.6. The van der Waals surface area contributed by atoms with E-state index >= 15 is 0 Å². The molecule has 2 heterocycles. The fraction of sp³-hybridized carbons (Fsp3) is 0.389. The number of nitriles is 1. The van der Waals surface area contributed by atoms with Gasteiger partial charge in [-0.2, -0.15) is 23.5 Å². The molecule has 3 rings (SSSR count). The van der Waals surface area contributed by atoms with Crippen LogP contribution in [0.5, 0.6) is 5.75 Å². The molecule has 1 aromatic heterocycles. The molecule has 0 atom stereocenters. The molecule has 6 nitrogen and oxygen atoms in total. The SMILES string of the molecule is CC(C)Oc1ccc(C#N)cc1C(=O)N1Cc2cnn(CC(F)(F)F)c2C1. The summed E-state index contributed by atoms with van der Waals surface area (Å²) in [6, 6.07) is 6.52. The van der Waals surface area contributed by atoms with Crippen LogP contribution in [0.15, 0.2) is 24.4 Å². The van der Waals surface area contributed by atoms with Crippen LogP contribution in [0.4, 0.5) is 13.2 Å². The van der Waals surface area contributed by atoms with E-state index in [1.54, 1.807) is 12.1 Å². The summed E-state index contributed by atoms with van der Waals surface area (Å²) in [5, 5.41) is 12.9. The Labute approximate surface area is 153 Å². The number of hydrogen-bond acceptors (Lipinski definition) is 4. The summed E-state index contributed by atoms with van der Waals surface area (Å²) in [4.78, 5) is 14.4. The lowest BCUT2D eigenvalue weighted by Gasteiger charge is -2.20. The van der Waals surface area contributed by atoms with Crippen LogP contribution in [0.1, 0.15) is 41.0 Å². The summed E-state index contributed by atoms with van der Waals surface area (Å²) in [6.07, 6.45) is -3.22. The van der Waals surface area contributed by atoms with Gasteiger partial charge in [0.05, 0.1) is 41.7 Å². The zero-order valence-electron chi connectivity index (χ0n) is 14.7. The molecule has 142 valence electrons. The molecule has 0 saturated heterocycles. The Morgan fingerprint density at radius 1 is 1.37 bits per heavy atom. The lowest BCUT2D eigenvalue weighted by atomic mass is 10.1. The maximum absolute atomic E-state index is 13.0. The molecule has 0 bridgehead atoms. The highest BCUT2D eigenvalue weighted by Gasteiger charge is 2.34. The van der Waals surface area contributed by atoms with Gasteiger partial charge in [-0.3, -0.25) is 9.48 Å². The third-order valence-electron chi connectivity index (χ3n) is 4.06. The topological polar surface area (TPSA) is 71.2 Å². The molecule has 0 saturated carbocycles. The van der Waals surface area contributed by atoms with E-state index < -0.39 is 18.6 Å². The predicted molar refractivity (Wildman–Crippen MR) is 88.8 cm³/mol. The highest BCUT2D eigenvalue weighted by Crippen LogP contribution is 2.30. The number of amides is 1. The van der Waals surface area contributed by atoms with Crippen LogP contribution in [-0.2, 0) is 19.6 Å². The third-order valence-corrected chi connectivity index (χ3v) is 4.06. The van der Waals surface area contributed by atoms with Gasteiger partial charge in [-0.05, 0) is 32.0 Å². The Balaban J connectivity index is 1.86. The fourth-order valence-electron chi connectivity index (χ4n) is 2.95. The van der Waals surface area contributed by atoms with E-state index in [4.69, 9.17) is 10.00 Å². The highest BCUT2D eigenvalue weighted by atomic mass is 19.4. The van der Waals surface area contributed by atoms with Gasteiger partial charge < -0.3 is 9.64 Å². The molecule has 0 fully saturated rings. The summed E-state index contributed by atoms with van der Waals surface area (Å²) >= 11 is 0. The number of halogens is 3. The standard InChI is InChI=1S/C18H17F3N4O2/c1-11(2)27-16-4-3-12(6-22)5-14(16)17(26)24-8-13-7-23-25(15(13)9-24)10-18(19,20)21/h3-5,7,11H,8-10H2,1-2H3. The second-order valence-electron chi connectivity index (χ2n) is 6.54. The Morgan fingerprint density at radius 3 is 2.74 bits per heavy atom. The second kappa shape index (κ2) is 6.95. The molecular formula is C18H17F3N4O2. The smallest absolute Gasteiger partial charge is 0.408 e. The van der Waals surface area contributed by atoms with Crippen molar-refractivity contribution in [1.29, 1.82) is 5.26 Å². The molecule has 0 unspecified atom stereocenters. The Kier molecular flexibility index (Phi) is 4.83. The van der Waals surface area contributed by atoms with Crippen molar-refractivity contribution in [3.63, 3.8) is 0 Å². The number of rotatable bonds is 4. The number of hydrogen-bond donors (Lipinski definition) is 0. The number of carbonyl (C=O) groups is 1. The minimum Gasteiger partial charge on any atom is -0.490 e. The summed E-state index contributed by atoms with van der Waals surface area (Å²) in [6.45, 7) is 2.59. The molecule has 1 aliphatic rings. The van der Waals surface area contributed by atoms with Crippen molar-refractivity contribution in [2.75, 3.05) is 0 Å². The van der Waals surface area contributed by atoms with Gasteiger partial charge in [0.2, 0.25) is 0 Å². The first-order valence-electron chi connectivity index (χ1n) is 8.28. The van der Waals surface area contributed by atoms with Crippen LogP contribution in [0.2, 0.25) is 0 Å². The Bertz CT molecular complexity index is 912. The number of benzene rings is 1. The summed E-state index contributed by atoms with van der Waals surface area (Å²) in [5.74, 6) is -0.0700. The third kappa shape index (κ3) is 4.05. The lowest BCUT2D eigenvalue weighted by Crippen LogP contribution is -2.28. The van der Waals surface area contributed by atoms with E-state index in [9.17, 15) is 18.0 Å². The number of fused-ring (bicyclic) bond motifs is 1. The van der Waals surface area contributed by atoms with Gasteiger partial charge in [0.25, 0.3) is 5.91 Å². The van der Waals surface area contributed by atoms with Crippen LogP contribution < -0.4 is 4.74 Å². The van der Waals surface area contributed by atoms with Gasteiger partial charge in [0, 0.05) is 12.1 Å². The lowest BCUT2D eigenvalue weighted by molar-refractivity contribution is -0.143. The van der Waals surface area contributed by atoms with Gasteiger partial charge in [-0.1, -0.05) is 0 Å². The molecule has 0 aliphatic carbocycles. The quantitative estimate of drug-likeness (QED) is 0.819. The van der Waals surface area contributed by atoms with Gasteiger partial charge in [-0.15, -0.1) is 0 Å². The van der Waals surface area contributed by atoms with Crippen LogP contribution >= 0.6 is 0 Å². The van der Waals surface area contributed by atoms with Crippen molar-refractivity contribution in [1.82, 2.24) is 14.7 Å². The molecule has 0 spiro atoms. The van der Waals surface area contributed by atoms with E-state index in [1.165, 1.54) is 17.2 Å². The molecule has 1 amide bonds. The van der Waals surface area contributed by atoms with E-state index in [0.717, 1.165) is 4.68 Å². The average Bonchev–Trinajstić information content (AvgIpc) is 3.15. The highest BCUT2D eigenvalue weighted by molar-refractivity contribution is 5.97. The molecular weight excluding hydrogens is 361 g/mol. The molecule has 1 aliphatic heterocycles. The van der Waals surface area contributed by atoms with Crippen molar-refractivity contribution in [3.8, 4) is 11.8 Å². The van der Waals surface area contributed by atoms with Crippen LogP contribution in [0, 0.1) is 11.3 Å². The van der Waals surface area contributed by atoms with Crippen LogP contribution in [-0.4, -0.2) is 32.9 Å². The number of carbonyl (C=O) groups excluding carboxylic acids is 1. The first-order valence-corrected chi connectivity index (χ1v) is 8.28. The average molecular weight is 378 g/mol. The predicted octanol–water partition coefficient (Wildman–Crippen LogP) is 3.26. The van der Waals surface area contributed by atoms with Crippen molar-refractivity contribution < 1.29 is 22.7 Å². The number of nitrogens with zero attached hydrogens (tertiary/aromatic N) is 4. The second-order valence-corrected chi connectivity index (χ2v) is 6.54. The molecule has 2 aromatic rings. The molecule has 27 heavy (non-hydrogen) atoms. The van der Waals surface area contributed by atoms with Crippen LogP contribution in [0.25, 0.3) is 0 Å². The van der Waals surface area contributed by atoms with Crippen molar-refractivity contribution in [3.05, 3.63) is 46.8 Å². The number of ether oxygens (including phenoxy) is 1. The molecule has 1 aromatic carbocycles. The maximum atomic E-state index is 13.0. The van der Waals surface area contributed by atoms with E-state index in [1.807, 2.05) is 19.9 Å². The van der Waals surface area contributed by atoms with Crippen molar-refractivity contribution >= 4 is 5.91 Å². The Morgan fingerprint density at radius 2 is 2.11 bits per heavy atom. The zero-order chi connectivity index (χ0) is 19.8. The van der Waals surface area contributed by atoms with Gasteiger partial charge in [0.15, 0.2) is 0 Å². The first kappa shape index (κ1) is 18.8. The molecule has 9 heteroatoms. The fourth-order valence-corrected chi connectivity index (χ4v) is 2.95. The molecule has 0 N–H and O–H groups in total. The minimum atomic E-state index is -4.39. The monoisotopic (exact) mass is 378 g/mol. The van der Waals surface area contributed by atoms with Crippen molar-refractivity contribution in [2.24, 2.45) is 0 Å². The summed E-state index contributed by atoms with van der Waals surface area (Å²) in [7, 11) is 0. The maximum Gasteiger partial charge on any atom is 0.408 e. The van der Waals surface area contributed by atoms with E-state index in [-0.39, 0.29) is 24.8 Å². The number of alkyl halides is 3. The van der Waals surface area contributed by atoms with Crippen LogP contribution in [0.3, 0.4) is 0 Å². The first-order chi connectivity index (χ1) is 12.7. The number of aromatic nitrogens is 2. The summed E-state index contributed by atoms with van der Waals surface area (Å²) < 4.78 is 44.6. The van der Waals surface area contributed by atoms with Crippen molar-refractivity contribution in [2.45, 2.75) is 45.8 Å². The Hall–Kier alpha value is -3.02. The van der Waals surface area contributed by atoms with Gasteiger partial charge in [-0.25, -0.2) is 0 Å². The van der Waals surface area contributed by atoms with Gasteiger partial charge in [0.1, 0.15) is 12.3 Å². The summed E-state index contributed by atoms with van der Waals surface area (Å²) in [5.41, 5.74) is 1.46. The van der Waals surface area contributed by atoms with Gasteiger partial charge >= 0.3 is 6.18 Å². The van der Waals surface area contributed by atoms with E-state index in [2.05, 4.69) is 5.10 Å². The largest absolute Gasteiger partial charge is 0.490 e. The van der Waals surface area contributed by atoms with E-state index in [0.29, 0.717) is 22.6 Å². The minimum absolute atomic E-state index is 0.0160. The zero-order valence-corrected chi connectivity index (χ0v) is 14.7.